The van der Waals surface area contributed by atoms with Gasteiger partial charge < -0.3 is 11.5 Å². The number of benzene rings is 1. The van der Waals surface area contributed by atoms with Crippen molar-refractivity contribution in [2.75, 3.05) is 5.73 Å². The molecule has 1 heterocycles. The molecule has 2 aromatic rings. The van der Waals surface area contributed by atoms with Crippen LogP contribution < -0.4 is 11.5 Å². The number of hydrogen-bond acceptors (Lipinski definition) is 6. The molecule has 7 nitrogen and oxygen atoms in total. The lowest BCUT2D eigenvalue weighted by Crippen LogP contribution is -2.13. The highest BCUT2D eigenvalue weighted by molar-refractivity contribution is 7.99. The lowest BCUT2D eigenvalue weighted by atomic mass is 10.2. The van der Waals surface area contributed by atoms with Gasteiger partial charge in [-0.3, -0.25) is 4.79 Å². The Kier molecular flexibility index (Phi) is 3.39. The average molecular weight is 285 g/mol. The molecule has 9 heteroatoms. The Morgan fingerprint density at radius 1 is 1.50 bits per heavy atom. The summed E-state index contributed by atoms with van der Waals surface area (Å²) >= 11 is 7.21. The van der Waals surface area contributed by atoms with Gasteiger partial charge in [0.05, 0.1) is 10.6 Å². The van der Waals surface area contributed by atoms with E-state index in [1.807, 2.05) is 0 Å². The number of nitrogens with two attached hydrogens (primary N) is 2. The number of aryl methyl sites for hydroxylation is 1. The highest BCUT2D eigenvalue weighted by Crippen LogP contribution is 2.36. The molecule has 0 fully saturated rings. The Bertz CT molecular complexity index is 613. The van der Waals surface area contributed by atoms with Crippen LogP contribution in [0.1, 0.15) is 10.4 Å². The van der Waals surface area contributed by atoms with Gasteiger partial charge in [0.2, 0.25) is 11.1 Å². The first-order valence-corrected chi connectivity index (χ1v) is 5.97. The van der Waals surface area contributed by atoms with E-state index < -0.39 is 5.91 Å². The molecule has 1 amide bonds. The Balaban J connectivity index is 2.50. The first kappa shape index (κ1) is 12.7. The molecular weight excluding hydrogens is 276 g/mol. The van der Waals surface area contributed by atoms with Crippen LogP contribution in [0.5, 0.6) is 0 Å². The van der Waals surface area contributed by atoms with Crippen LogP contribution in [0.25, 0.3) is 0 Å². The van der Waals surface area contributed by atoms with Crippen molar-refractivity contribution in [3.05, 3.63) is 22.7 Å². The van der Waals surface area contributed by atoms with E-state index in [9.17, 15) is 4.79 Å². The molecule has 0 saturated heterocycles. The van der Waals surface area contributed by atoms with Crippen LogP contribution in [0.2, 0.25) is 5.02 Å². The third kappa shape index (κ3) is 2.39. The van der Waals surface area contributed by atoms with Gasteiger partial charge >= 0.3 is 0 Å². The number of aromatic nitrogens is 4. The van der Waals surface area contributed by atoms with E-state index in [4.69, 9.17) is 23.1 Å². The first-order chi connectivity index (χ1) is 8.49. The highest BCUT2D eigenvalue weighted by Gasteiger charge is 2.17. The second kappa shape index (κ2) is 4.83. The molecule has 0 saturated carbocycles. The number of nitrogens with zero attached hydrogens (tertiary/aromatic N) is 4. The van der Waals surface area contributed by atoms with Crippen LogP contribution in [0.4, 0.5) is 5.69 Å². The predicted octanol–water partition coefficient (Wildman–Crippen LogP) is 0.696. The number of hydrogen-bond donors (Lipinski definition) is 2. The predicted molar refractivity (Wildman–Crippen MR) is 67.3 cm³/mol. The summed E-state index contributed by atoms with van der Waals surface area (Å²) in [7, 11) is 1.68. The molecule has 1 aromatic heterocycles. The number of rotatable bonds is 3. The maximum atomic E-state index is 11.4. The monoisotopic (exact) mass is 284 g/mol. The van der Waals surface area contributed by atoms with Crippen LogP contribution in [0.3, 0.4) is 0 Å². The Morgan fingerprint density at radius 2 is 2.22 bits per heavy atom. The summed E-state index contributed by atoms with van der Waals surface area (Å²) in [5, 5.41) is 11.8. The second-order valence-corrected chi connectivity index (χ2v) is 4.82. The van der Waals surface area contributed by atoms with Crippen LogP contribution in [0, 0.1) is 0 Å². The summed E-state index contributed by atoms with van der Waals surface area (Å²) in [6.07, 6.45) is 0. The summed E-state index contributed by atoms with van der Waals surface area (Å²) < 4.78 is 1.46. The molecule has 2 rings (SSSR count). The van der Waals surface area contributed by atoms with Gasteiger partial charge in [0.25, 0.3) is 0 Å². The molecule has 18 heavy (non-hydrogen) atoms. The number of nitrogen functional groups attached to an aromatic ring is 1. The van der Waals surface area contributed by atoms with E-state index in [0.717, 1.165) is 11.8 Å². The number of primary amides is 1. The number of carbonyl (C=O) groups excluding carboxylic acids is 1. The molecule has 0 bridgehead atoms. The van der Waals surface area contributed by atoms with Crippen molar-refractivity contribution in [2.45, 2.75) is 10.1 Å². The molecule has 4 N–H and O–H groups in total. The summed E-state index contributed by atoms with van der Waals surface area (Å²) in [6, 6.07) is 3.01. The fraction of sp³-hybridized carbons (Fsp3) is 0.111. The van der Waals surface area contributed by atoms with Crippen molar-refractivity contribution in [3.63, 3.8) is 0 Å². The summed E-state index contributed by atoms with van der Waals surface area (Å²) in [5.74, 6) is -0.609. The number of carbonyl (C=O) groups is 1. The van der Waals surface area contributed by atoms with E-state index in [2.05, 4.69) is 15.5 Å². The number of amides is 1. The number of halogens is 1. The van der Waals surface area contributed by atoms with E-state index in [-0.39, 0.29) is 5.56 Å². The van der Waals surface area contributed by atoms with E-state index in [1.165, 1.54) is 10.7 Å². The largest absolute Gasteiger partial charge is 0.399 e. The molecule has 0 aliphatic heterocycles. The molecule has 0 unspecified atom stereocenters. The quantitative estimate of drug-likeness (QED) is 0.802. The van der Waals surface area contributed by atoms with Gasteiger partial charge in [-0.15, -0.1) is 5.10 Å². The van der Waals surface area contributed by atoms with Crippen LogP contribution in [0.15, 0.2) is 22.2 Å². The molecule has 0 atom stereocenters. The molecular formula is C9H9ClN6OS. The van der Waals surface area contributed by atoms with E-state index in [0.29, 0.717) is 20.8 Å². The second-order valence-electron chi connectivity index (χ2n) is 3.43. The molecule has 1 aromatic carbocycles. The topological polar surface area (TPSA) is 113 Å². The van der Waals surface area contributed by atoms with Crippen LogP contribution >= 0.6 is 23.4 Å². The lowest BCUT2D eigenvalue weighted by Gasteiger charge is -2.08. The van der Waals surface area contributed by atoms with E-state index in [1.54, 1.807) is 13.1 Å². The van der Waals surface area contributed by atoms with Gasteiger partial charge in [-0.2, -0.15) is 0 Å². The van der Waals surface area contributed by atoms with Crippen molar-refractivity contribution in [2.24, 2.45) is 12.8 Å². The molecule has 94 valence electrons. The van der Waals surface area contributed by atoms with Crippen molar-refractivity contribution < 1.29 is 4.79 Å². The maximum Gasteiger partial charge on any atom is 0.249 e. The fourth-order valence-corrected chi connectivity index (χ4v) is 2.50. The first-order valence-electron chi connectivity index (χ1n) is 4.78. The van der Waals surface area contributed by atoms with Crippen LogP contribution in [-0.4, -0.2) is 26.1 Å². The van der Waals surface area contributed by atoms with Gasteiger partial charge in [-0.25, -0.2) is 4.68 Å². The van der Waals surface area contributed by atoms with Gasteiger partial charge in [-0.1, -0.05) is 11.6 Å². The summed E-state index contributed by atoms with van der Waals surface area (Å²) in [5.41, 5.74) is 11.5. The molecule has 0 aliphatic rings. The van der Waals surface area contributed by atoms with Crippen molar-refractivity contribution in [1.82, 2.24) is 20.2 Å². The average Bonchev–Trinajstić information content (AvgIpc) is 2.67. The highest BCUT2D eigenvalue weighted by atomic mass is 35.5. The van der Waals surface area contributed by atoms with Gasteiger partial charge in [0.1, 0.15) is 0 Å². The Morgan fingerprint density at radius 3 is 2.78 bits per heavy atom. The number of tetrazole rings is 1. The minimum Gasteiger partial charge on any atom is -0.399 e. The SMILES string of the molecule is Cn1nnnc1Sc1c(Cl)cc(N)cc1C(N)=O. The smallest absolute Gasteiger partial charge is 0.249 e. The van der Waals surface area contributed by atoms with E-state index >= 15 is 0 Å². The number of anilines is 1. The van der Waals surface area contributed by atoms with Gasteiger partial charge in [-0.05, 0) is 34.3 Å². The molecule has 0 radical (unpaired) electrons. The lowest BCUT2D eigenvalue weighted by molar-refractivity contribution is 0.0997. The van der Waals surface area contributed by atoms with Crippen LogP contribution in [-0.2, 0) is 7.05 Å². The molecule has 0 spiro atoms. The van der Waals surface area contributed by atoms with Crippen molar-refractivity contribution in [3.8, 4) is 0 Å². The summed E-state index contributed by atoms with van der Waals surface area (Å²) in [4.78, 5) is 11.9. The van der Waals surface area contributed by atoms with Gasteiger partial charge in [0, 0.05) is 17.6 Å². The standard InChI is InChI=1S/C9H9ClN6OS/c1-16-9(13-14-15-16)18-7-5(8(12)17)2-4(11)3-6(7)10/h2-3H,11H2,1H3,(H2,12,17). The normalized spacial score (nSPS) is 10.6. The zero-order valence-corrected chi connectivity index (χ0v) is 10.9. The Labute approximate surface area is 111 Å². The summed E-state index contributed by atoms with van der Waals surface area (Å²) in [6.45, 7) is 0. The minimum absolute atomic E-state index is 0.244. The third-order valence-electron chi connectivity index (χ3n) is 2.11. The van der Waals surface area contributed by atoms with Crippen molar-refractivity contribution >= 4 is 35.0 Å². The maximum absolute atomic E-state index is 11.4. The third-order valence-corrected chi connectivity index (χ3v) is 3.69. The molecule has 0 aliphatic carbocycles. The fourth-order valence-electron chi connectivity index (χ4n) is 1.30. The zero-order chi connectivity index (χ0) is 13.3. The van der Waals surface area contributed by atoms with Gasteiger partial charge in [0.15, 0.2) is 0 Å². The van der Waals surface area contributed by atoms with Crippen molar-refractivity contribution in [1.29, 1.82) is 0 Å². The zero-order valence-electron chi connectivity index (χ0n) is 9.29. The Hall–Kier alpha value is -1.80. The minimum atomic E-state index is -0.609.